The average Bonchev–Trinajstić information content (AvgIpc) is 3.16. The molecule has 0 aromatic heterocycles. The molecular formula is C16H30N2O2. The largest absolute Gasteiger partial charge is 0.480 e. The molecule has 1 saturated heterocycles. The minimum atomic E-state index is -0.747. The summed E-state index contributed by atoms with van der Waals surface area (Å²) in [5.74, 6) is -0.704. The van der Waals surface area contributed by atoms with Crippen molar-refractivity contribution in [3.63, 3.8) is 0 Å². The van der Waals surface area contributed by atoms with Gasteiger partial charge >= 0.3 is 5.97 Å². The normalized spacial score (nSPS) is 30.9. The van der Waals surface area contributed by atoms with E-state index in [2.05, 4.69) is 24.1 Å². The number of piperidine rings is 1. The van der Waals surface area contributed by atoms with Gasteiger partial charge in [-0.3, -0.25) is 15.0 Å². The molecule has 116 valence electrons. The number of nitrogens with zero attached hydrogens (tertiary/aromatic N) is 1. The third kappa shape index (κ3) is 3.95. The molecule has 1 aliphatic heterocycles. The molecule has 0 spiro atoms. The van der Waals surface area contributed by atoms with Gasteiger partial charge in [0, 0.05) is 18.1 Å². The fourth-order valence-electron chi connectivity index (χ4n) is 3.45. The summed E-state index contributed by atoms with van der Waals surface area (Å²) in [4.78, 5) is 14.1. The molecule has 0 amide bonds. The Hall–Kier alpha value is -0.610. The van der Waals surface area contributed by atoms with Crippen LogP contribution < -0.4 is 5.32 Å². The Labute approximate surface area is 122 Å². The van der Waals surface area contributed by atoms with Crippen LogP contribution in [-0.4, -0.2) is 46.2 Å². The van der Waals surface area contributed by atoms with E-state index in [1.165, 1.54) is 19.3 Å². The molecule has 1 saturated carbocycles. The average molecular weight is 282 g/mol. The van der Waals surface area contributed by atoms with Crippen LogP contribution in [0.15, 0.2) is 0 Å². The van der Waals surface area contributed by atoms with Gasteiger partial charge < -0.3 is 5.11 Å². The first-order valence-electron chi connectivity index (χ1n) is 8.19. The first-order chi connectivity index (χ1) is 9.42. The number of carboxylic acid groups (broad SMARTS) is 1. The lowest BCUT2D eigenvalue weighted by atomic mass is 9.93. The topological polar surface area (TPSA) is 52.6 Å². The van der Waals surface area contributed by atoms with E-state index in [9.17, 15) is 9.90 Å². The molecule has 20 heavy (non-hydrogen) atoms. The van der Waals surface area contributed by atoms with E-state index in [-0.39, 0.29) is 0 Å². The van der Waals surface area contributed by atoms with Crippen molar-refractivity contribution in [2.75, 3.05) is 6.54 Å². The van der Waals surface area contributed by atoms with Crippen molar-refractivity contribution in [1.29, 1.82) is 0 Å². The summed E-state index contributed by atoms with van der Waals surface area (Å²) >= 11 is 0. The summed E-state index contributed by atoms with van der Waals surface area (Å²) < 4.78 is 0. The molecule has 1 aliphatic carbocycles. The van der Waals surface area contributed by atoms with Gasteiger partial charge in [-0.2, -0.15) is 0 Å². The Morgan fingerprint density at radius 2 is 1.85 bits per heavy atom. The summed E-state index contributed by atoms with van der Waals surface area (Å²) in [6.45, 7) is 7.47. The summed E-state index contributed by atoms with van der Waals surface area (Å²) in [5.41, 5.74) is -0.747. The lowest BCUT2D eigenvalue weighted by Crippen LogP contribution is -2.51. The number of carbonyl (C=O) groups is 1. The van der Waals surface area contributed by atoms with Gasteiger partial charge in [0.05, 0.1) is 0 Å². The Bertz CT molecular complexity index is 333. The van der Waals surface area contributed by atoms with Crippen LogP contribution >= 0.6 is 0 Å². The molecule has 3 atom stereocenters. The van der Waals surface area contributed by atoms with Crippen molar-refractivity contribution in [3.8, 4) is 0 Å². The standard InChI is InChI=1S/C16H30N2O2/c1-12-6-4-7-13(2)18(12)11-5-10-16(3,15(19)20)17-14-8-9-14/h12-14,17H,4-11H2,1-3H3,(H,19,20)/t12-,13+,16?. The molecule has 1 heterocycles. The van der Waals surface area contributed by atoms with Crippen LogP contribution in [0.25, 0.3) is 0 Å². The molecular weight excluding hydrogens is 252 g/mol. The zero-order valence-corrected chi connectivity index (χ0v) is 13.2. The van der Waals surface area contributed by atoms with Gasteiger partial charge in [0.25, 0.3) is 0 Å². The van der Waals surface area contributed by atoms with E-state index in [1.54, 1.807) is 0 Å². The van der Waals surface area contributed by atoms with Gasteiger partial charge in [-0.05, 0) is 65.8 Å². The lowest BCUT2D eigenvalue weighted by molar-refractivity contribution is -0.144. The number of nitrogens with one attached hydrogen (secondary N) is 1. The first-order valence-corrected chi connectivity index (χ1v) is 8.19. The van der Waals surface area contributed by atoms with E-state index in [0.717, 1.165) is 32.2 Å². The van der Waals surface area contributed by atoms with E-state index >= 15 is 0 Å². The highest BCUT2D eigenvalue weighted by atomic mass is 16.4. The van der Waals surface area contributed by atoms with Crippen LogP contribution in [0, 0.1) is 0 Å². The van der Waals surface area contributed by atoms with E-state index in [0.29, 0.717) is 18.1 Å². The quantitative estimate of drug-likeness (QED) is 0.753. The molecule has 4 nitrogen and oxygen atoms in total. The fraction of sp³-hybridized carbons (Fsp3) is 0.938. The highest BCUT2D eigenvalue weighted by Crippen LogP contribution is 2.27. The summed E-state index contributed by atoms with van der Waals surface area (Å²) in [7, 11) is 0. The SMILES string of the molecule is C[C@@H]1CCC[C@H](C)N1CCCC(C)(NC1CC1)C(=O)O. The second-order valence-electron chi connectivity index (χ2n) is 7.03. The van der Waals surface area contributed by atoms with Crippen molar-refractivity contribution >= 4 is 5.97 Å². The highest BCUT2D eigenvalue weighted by molar-refractivity contribution is 5.78. The zero-order chi connectivity index (χ0) is 14.8. The molecule has 0 radical (unpaired) electrons. The van der Waals surface area contributed by atoms with Gasteiger partial charge in [-0.15, -0.1) is 0 Å². The smallest absolute Gasteiger partial charge is 0.323 e. The van der Waals surface area contributed by atoms with E-state index < -0.39 is 11.5 Å². The minimum absolute atomic E-state index is 0.434. The van der Waals surface area contributed by atoms with Crippen LogP contribution in [0.5, 0.6) is 0 Å². The van der Waals surface area contributed by atoms with Crippen LogP contribution in [0.1, 0.15) is 65.7 Å². The molecule has 2 fully saturated rings. The molecule has 4 heteroatoms. The number of likely N-dealkylation sites (tertiary alicyclic amines) is 1. The summed E-state index contributed by atoms with van der Waals surface area (Å²) in [6, 6.07) is 1.72. The van der Waals surface area contributed by atoms with Crippen molar-refractivity contribution in [2.45, 2.75) is 89.4 Å². The third-order valence-corrected chi connectivity index (χ3v) is 5.04. The maximum absolute atomic E-state index is 11.5. The maximum atomic E-state index is 11.5. The minimum Gasteiger partial charge on any atom is -0.480 e. The second kappa shape index (κ2) is 6.44. The lowest BCUT2D eigenvalue weighted by Gasteiger charge is -2.39. The fourth-order valence-corrected chi connectivity index (χ4v) is 3.45. The molecule has 2 aliphatic rings. The van der Waals surface area contributed by atoms with Gasteiger partial charge in [-0.25, -0.2) is 0 Å². The van der Waals surface area contributed by atoms with Crippen molar-refractivity contribution < 1.29 is 9.90 Å². The second-order valence-corrected chi connectivity index (χ2v) is 7.03. The maximum Gasteiger partial charge on any atom is 0.323 e. The van der Waals surface area contributed by atoms with Crippen LogP contribution in [0.3, 0.4) is 0 Å². The number of carboxylic acids is 1. The molecule has 1 unspecified atom stereocenters. The molecule has 2 rings (SSSR count). The highest BCUT2D eigenvalue weighted by Gasteiger charge is 2.38. The van der Waals surface area contributed by atoms with Crippen molar-refractivity contribution in [1.82, 2.24) is 10.2 Å². The van der Waals surface area contributed by atoms with E-state index in [1.807, 2.05) is 6.92 Å². The van der Waals surface area contributed by atoms with Gasteiger partial charge in [0.15, 0.2) is 0 Å². The summed E-state index contributed by atoms with van der Waals surface area (Å²) in [5, 5.41) is 12.8. The van der Waals surface area contributed by atoms with Crippen LogP contribution in [0.4, 0.5) is 0 Å². The van der Waals surface area contributed by atoms with E-state index in [4.69, 9.17) is 0 Å². The summed E-state index contributed by atoms with van der Waals surface area (Å²) in [6.07, 6.45) is 7.81. The van der Waals surface area contributed by atoms with Gasteiger partial charge in [0.1, 0.15) is 5.54 Å². The Morgan fingerprint density at radius 3 is 2.35 bits per heavy atom. The predicted octanol–water partition coefficient (Wildman–Crippen LogP) is 2.62. The number of hydrogen-bond donors (Lipinski definition) is 2. The Balaban J connectivity index is 1.81. The number of rotatable bonds is 7. The predicted molar refractivity (Wildman–Crippen MR) is 80.9 cm³/mol. The molecule has 0 aromatic carbocycles. The van der Waals surface area contributed by atoms with Gasteiger partial charge in [-0.1, -0.05) is 6.42 Å². The van der Waals surface area contributed by atoms with Gasteiger partial charge in [0.2, 0.25) is 0 Å². The molecule has 2 N–H and O–H groups in total. The number of hydrogen-bond acceptors (Lipinski definition) is 3. The van der Waals surface area contributed by atoms with Crippen molar-refractivity contribution in [2.24, 2.45) is 0 Å². The number of aliphatic carboxylic acids is 1. The Morgan fingerprint density at radius 1 is 1.25 bits per heavy atom. The first kappa shape index (κ1) is 15.8. The zero-order valence-electron chi connectivity index (χ0n) is 13.2. The molecule has 0 bridgehead atoms. The van der Waals surface area contributed by atoms with Crippen molar-refractivity contribution in [3.05, 3.63) is 0 Å². The van der Waals surface area contributed by atoms with Crippen LogP contribution in [-0.2, 0) is 4.79 Å². The monoisotopic (exact) mass is 282 g/mol. The molecule has 0 aromatic rings. The Kier molecular flexibility index (Phi) is 5.08. The third-order valence-electron chi connectivity index (χ3n) is 5.04. The van der Waals surface area contributed by atoms with Crippen LogP contribution in [0.2, 0.25) is 0 Å².